The van der Waals surface area contributed by atoms with Gasteiger partial charge in [-0.1, -0.05) is 12.1 Å². The summed E-state index contributed by atoms with van der Waals surface area (Å²) in [7, 11) is 0. The normalized spacial score (nSPS) is 16.5. The van der Waals surface area contributed by atoms with E-state index >= 15 is 0 Å². The second-order valence-corrected chi connectivity index (χ2v) is 3.90. The second-order valence-electron chi connectivity index (χ2n) is 3.90. The molecular formula is C10H13BF3KN2. The Bertz CT molecular complexity index is 350. The topological polar surface area (TPSA) is 15.3 Å². The standard InChI is InChI=1S/C10H13BF3N2.K/c12-11(13,14)9-1-3-10(4-2-9)16-7-5-15-6-8-16;/h1-4,15H,5-8H2;/q-1;+1. The van der Waals surface area contributed by atoms with Crippen molar-refractivity contribution in [2.45, 2.75) is 0 Å². The van der Waals surface area contributed by atoms with Crippen LogP contribution in [0.25, 0.3) is 0 Å². The Labute approximate surface area is 141 Å². The maximum absolute atomic E-state index is 12.4. The number of piperazine rings is 1. The van der Waals surface area contributed by atoms with Gasteiger partial charge in [-0.15, -0.1) is 5.46 Å². The van der Waals surface area contributed by atoms with E-state index < -0.39 is 12.4 Å². The molecule has 2 nitrogen and oxygen atoms in total. The van der Waals surface area contributed by atoms with Crippen molar-refractivity contribution in [2.75, 3.05) is 31.1 Å². The summed E-state index contributed by atoms with van der Waals surface area (Å²) in [4.78, 5) is 2.09. The van der Waals surface area contributed by atoms with Crippen molar-refractivity contribution in [3.63, 3.8) is 0 Å². The molecule has 1 saturated heterocycles. The Morgan fingerprint density at radius 3 is 2.00 bits per heavy atom. The Morgan fingerprint density at radius 1 is 1.00 bits per heavy atom. The van der Waals surface area contributed by atoms with Crippen LogP contribution in [0, 0.1) is 0 Å². The van der Waals surface area contributed by atoms with Gasteiger partial charge in [-0.3, -0.25) is 0 Å². The third-order valence-corrected chi connectivity index (χ3v) is 2.75. The Hall–Kier alpha value is 0.471. The monoisotopic (exact) mass is 268 g/mol. The zero-order valence-electron chi connectivity index (χ0n) is 9.80. The van der Waals surface area contributed by atoms with Gasteiger partial charge in [0.05, 0.1) is 0 Å². The van der Waals surface area contributed by atoms with Gasteiger partial charge >= 0.3 is 58.4 Å². The largest absolute Gasteiger partial charge is 1.00 e. The van der Waals surface area contributed by atoms with Gasteiger partial charge in [0.25, 0.3) is 0 Å². The third kappa shape index (κ3) is 4.26. The number of hydrogen-bond donors (Lipinski definition) is 1. The summed E-state index contributed by atoms with van der Waals surface area (Å²) in [6.45, 7) is -1.43. The van der Waals surface area contributed by atoms with Crippen molar-refractivity contribution in [1.82, 2.24) is 5.32 Å². The molecular weight excluding hydrogens is 255 g/mol. The zero-order valence-corrected chi connectivity index (χ0v) is 12.9. The Morgan fingerprint density at radius 2 is 1.53 bits per heavy atom. The van der Waals surface area contributed by atoms with E-state index in [4.69, 9.17) is 0 Å². The maximum Gasteiger partial charge on any atom is 1.00 e. The molecule has 1 aliphatic heterocycles. The van der Waals surface area contributed by atoms with Crippen LogP contribution in [0.3, 0.4) is 0 Å². The molecule has 0 radical (unpaired) electrons. The first kappa shape index (κ1) is 15.5. The molecule has 0 unspecified atom stereocenters. The van der Waals surface area contributed by atoms with E-state index in [1.165, 1.54) is 0 Å². The minimum Gasteiger partial charge on any atom is -0.445 e. The number of nitrogens with one attached hydrogen (secondary N) is 1. The molecule has 0 atom stereocenters. The van der Waals surface area contributed by atoms with Gasteiger partial charge in [0.2, 0.25) is 0 Å². The van der Waals surface area contributed by atoms with Gasteiger partial charge in [0.1, 0.15) is 0 Å². The van der Waals surface area contributed by atoms with Crippen LogP contribution in [0.2, 0.25) is 0 Å². The predicted octanol–water partition coefficient (Wildman–Crippen LogP) is -1.85. The Kier molecular flexibility index (Phi) is 6.01. The summed E-state index contributed by atoms with van der Waals surface area (Å²) in [6.07, 6.45) is 0. The molecule has 1 aromatic rings. The van der Waals surface area contributed by atoms with Crippen LogP contribution in [0.4, 0.5) is 18.6 Å². The molecule has 0 bridgehead atoms. The van der Waals surface area contributed by atoms with E-state index in [1.54, 1.807) is 12.1 Å². The summed E-state index contributed by atoms with van der Waals surface area (Å²) < 4.78 is 37.2. The van der Waals surface area contributed by atoms with E-state index in [9.17, 15) is 12.9 Å². The van der Waals surface area contributed by atoms with Crippen LogP contribution < -0.4 is 67.1 Å². The minimum absolute atomic E-state index is 0. The van der Waals surface area contributed by atoms with Gasteiger partial charge in [-0.05, 0) is 12.1 Å². The van der Waals surface area contributed by atoms with E-state index in [2.05, 4.69) is 10.2 Å². The molecule has 1 heterocycles. The molecule has 0 spiro atoms. The van der Waals surface area contributed by atoms with Crippen molar-refractivity contribution >= 4 is 18.1 Å². The fourth-order valence-electron chi connectivity index (χ4n) is 1.83. The summed E-state index contributed by atoms with van der Waals surface area (Å²) >= 11 is 0. The molecule has 0 aromatic heterocycles. The number of nitrogens with zero attached hydrogens (tertiary/aromatic N) is 1. The first-order valence-electron chi connectivity index (χ1n) is 5.33. The fraction of sp³-hybridized carbons (Fsp3) is 0.400. The second kappa shape index (κ2) is 6.58. The van der Waals surface area contributed by atoms with Crippen LogP contribution in [-0.2, 0) is 0 Å². The van der Waals surface area contributed by atoms with Gasteiger partial charge in [-0.2, -0.15) is 0 Å². The van der Waals surface area contributed by atoms with Crippen molar-refractivity contribution in [1.29, 1.82) is 0 Å². The molecule has 1 N–H and O–H groups in total. The zero-order chi connectivity index (χ0) is 11.6. The molecule has 2 rings (SSSR count). The summed E-state index contributed by atoms with van der Waals surface area (Å²) in [6, 6.07) is 5.43. The summed E-state index contributed by atoms with van der Waals surface area (Å²) in [5.41, 5.74) is 0.337. The number of benzene rings is 1. The van der Waals surface area contributed by atoms with E-state index in [0.717, 1.165) is 44.0 Å². The van der Waals surface area contributed by atoms with Crippen LogP contribution in [0.1, 0.15) is 0 Å². The molecule has 0 saturated carbocycles. The number of halogens is 3. The average Bonchev–Trinajstić information content (AvgIpc) is 2.29. The molecule has 1 aromatic carbocycles. The average molecular weight is 268 g/mol. The van der Waals surface area contributed by atoms with Crippen LogP contribution in [0.15, 0.2) is 24.3 Å². The van der Waals surface area contributed by atoms with E-state index in [0.29, 0.717) is 0 Å². The van der Waals surface area contributed by atoms with Gasteiger partial charge in [0, 0.05) is 31.9 Å². The number of hydrogen-bond acceptors (Lipinski definition) is 2. The van der Waals surface area contributed by atoms with Gasteiger partial charge in [-0.25, -0.2) is 0 Å². The molecule has 0 aliphatic carbocycles. The maximum atomic E-state index is 12.4. The van der Waals surface area contributed by atoms with Crippen LogP contribution in [-0.4, -0.2) is 33.2 Å². The smallest absolute Gasteiger partial charge is 0.445 e. The summed E-state index contributed by atoms with van der Waals surface area (Å²) in [5.74, 6) is 0. The molecule has 88 valence electrons. The van der Waals surface area contributed by atoms with Crippen LogP contribution in [0.5, 0.6) is 0 Å². The molecule has 7 heteroatoms. The fourth-order valence-corrected chi connectivity index (χ4v) is 1.83. The van der Waals surface area contributed by atoms with E-state index in [-0.39, 0.29) is 51.4 Å². The first-order valence-corrected chi connectivity index (χ1v) is 5.33. The number of rotatable bonds is 2. The molecule has 17 heavy (non-hydrogen) atoms. The quantitative estimate of drug-likeness (QED) is 0.634. The third-order valence-electron chi connectivity index (χ3n) is 2.75. The van der Waals surface area contributed by atoms with Gasteiger partial charge < -0.3 is 23.2 Å². The van der Waals surface area contributed by atoms with Crippen molar-refractivity contribution in [3.8, 4) is 0 Å². The number of anilines is 1. The predicted molar refractivity (Wildman–Crippen MR) is 60.2 cm³/mol. The molecule has 0 amide bonds. The first-order chi connectivity index (χ1) is 7.57. The van der Waals surface area contributed by atoms with Crippen molar-refractivity contribution in [3.05, 3.63) is 24.3 Å². The molecule has 1 aliphatic rings. The van der Waals surface area contributed by atoms with Gasteiger partial charge in [0.15, 0.2) is 0 Å². The van der Waals surface area contributed by atoms with Crippen molar-refractivity contribution in [2.24, 2.45) is 0 Å². The van der Waals surface area contributed by atoms with Crippen LogP contribution >= 0.6 is 0 Å². The van der Waals surface area contributed by atoms with E-state index in [1.807, 2.05) is 0 Å². The SMILES string of the molecule is F[B-](F)(F)c1ccc(N2CCNCC2)cc1.[K+]. The minimum atomic E-state index is -4.87. The summed E-state index contributed by atoms with van der Waals surface area (Å²) in [5, 5.41) is 3.20. The molecule has 1 fully saturated rings. The van der Waals surface area contributed by atoms with Crippen molar-refractivity contribution < 1.29 is 64.3 Å². The Balaban J connectivity index is 0.00000144.